The monoisotopic (exact) mass is 668 g/mol. The van der Waals surface area contributed by atoms with E-state index in [1.807, 2.05) is 103 Å². The van der Waals surface area contributed by atoms with Crippen LogP contribution in [0, 0.1) is 0 Å². The Morgan fingerprint density at radius 1 is 0.327 bits per heavy atom. The van der Waals surface area contributed by atoms with Crippen molar-refractivity contribution >= 4 is 33.0 Å². The van der Waals surface area contributed by atoms with Crippen molar-refractivity contribution in [1.82, 2.24) is 19.9 Å². The second kappa shape index (κ2) is 12.3. The predicted molar refractivity (Wildman–Crippen MR) is 207 cm³/mol. The van der Waals surface area contributed by atoms with E-state index < -0.39 is 0 Å². The number of benzene rings is 7. The summed E-state index contributed by atoms with van der Waals surface area (Å²) in [5.41, 5.74) is 11.0. The average molecular weight is 669 g/mol. The van der Waals surface area contributed by atoms with E-state index in [0.717, 1.165) is 77.5 Å². The maximum atomic E-state index is 6.58. The molecule has 0 aliphatic rings. The molecular formula is C46H28N4O2. The number of oxazole rings is 1. The molecule has 0 bridgehead atoms. The number of hydrogen-bond donors (Lipinski definition) is 0. The Morgan fingerprint density at radius 2 is 0.865 bits per heavy atom. The SMILES string of the molecule is c1ccc(-c2ccc(-c3nc(-c4ccccc4)nc(-c4cccc5c4oc4ccc(-c6ccc7oc(-c8ccccc8)nc7c6)cc45)n3)cc2)cc1. The summed E-state index contributed by atoms with van der Waals surface area (Å²) in [6.07, 6.45) is 0. The molecule has 3 aromatic heterocycles. The maximum Gasteiger partial charge on any atom is 0.227 e. The van der Waals surface area contributed by atoms with Crippen LogP contribution in [0.3, 0.4) is 0 Å². The van der Waals surface area contributed by atoms with Crippen molar-refractivity contribution in [3.8, 4) is 67.9 Å². The molecule has 0 radical (unpaired) electrons. The van der Waals surface area contributed by atoms with Crippen LogP contribution in [0.4, 0.5) is 0 Å². The Kier molecular flexibility index (Phi) is 7.03. The summed E-state index contributed by atoms with van der Waals surface area (Å²) >= 11 is 0. The number of nitrogens with zero attached hydrogens (tertiary/aromatic N) is 4. The van der Waals surface area contributed by atoms with E-state index in [1.165, 1.54) is 0 Å². The highest BCUT2D eigenvalue weighted by atomic mass is 16.3. The van der Waals surface area contributed by atoms with Crippen LogP contribution in [0.25, 0.3) is 101 Å². The zero-order chi connectivity index (χ0) is 34.4. The van der Waals surface area contributed by atoms with E-state index in [0.29, 0.717) is 23.4 Å². The highest BCUT2D eigenvalue weighted by Gasteiger charge is 2.19. The molecular weight excluding hydrogens is 641 g/mol. The van der Waals surface area contributed by atoms with Crippen molar-refractivity contribution in [2.24, 2.45) is 0 Å². The molecule has 3 heterocycles. The lowest BCUT2D eigenvalue weighted by atomic mass is 10.0. The lowest BCUT2D eigenvalue weighted by molar-refractivity contribution is 0.620. The smallest absolute Gasteiger partial charge is 0.227 e. The van der Waals surface area contributed by atoms with Gasteiger partial charge in [-0.2, -0.15) is 0 Å². The molecule has 244 valence electrons. The van der Waals surface area contributed by atoms with Crippen LogP contribution in [0.2, 0.25) is 0 Å². The van der Waals surface area contributed by atoms with Gasteiger partial charge in [0.05, 0.1) is 5.56 Å². The van der Waals surface area contributed by atoms with Crippen LogP contribution in [0.5, 0.6) is 0 Å². The number of rotatable bonds is 6. The first-order valence-electron chi connectivity index (χ1n) is 17.1. The van der Waals surface area contributed by atoms with Gasteiger partial charge in [0, 0.05) is 27.5 Å². The van der Waals surface area contributed by atoms with Gasteiger partial charge in [0.2, 0.25) is 5.89 Å². The van der Waals surface area contributed by atoms with Gasteiger partial charge in [-0.05, 0) is 64.7 Å². The molecule has 52 heavy (non-hydrogen) atoms. The molecule has 0 N–H and O–H groups in total. The predicted octanol–water partition coefficient (Wildman–Crippen LogP) is 11.9. The summed E-state index contributed by atoms with van der Waals surface area (Å²) in [6.45, 7) is 0. The minimum absolute atomic E-state index is 0.548. The summed E-state index contributed by atoms with van der Waals surface area (Å²) in [6, 6.07) is 57.2. The number of hydrogen-bond acceptors (Lipinski definition) is 6. The third kappa shape index (κ3) is 5.30. The van der Waals surface area contributed by atoms with Gasteiger partial charge in [-0.1, -0.05) is 127 Å². The topological polar surface area (TPSA) is 77.8 Å². The van der Waals surface area contributed by atoms with Crippen LogP contribution < -0.4 is 0 Å². The number of para-hydroxylation sites is 1. The van der Waals surface area contributed by atoms with Crippen LogP contribution in [0.15, 0.2) is 179 Å². The zero-order valence-corrected chi connectivity index (χ0v) is 27.8. The Hall–Kier alpha value is -7.18. The third-order valence-electron chi connectivity index (χ3n) is 9.40. The summed E-state index contributed by atoms with van der Waals surface area (Å²) in [4.78, 5) is 19.8. The molecule has 7 aromatic carbocycles. The molecule has 0 saturated carbocycles. The fourth-order valence-corrected chi connectivity index (χ4v) is 6.75. The van der Waals surface area contributed by atoms with Gasteiger partial charge < -0.3 is 8.83 Å². The molecule has 0 fully saturated rings. The highest BCUT2D eigenvalue weighted by Crippen LogP contribution is 2.38. The van der Waals surface area contributed by atoms with E-state index in [4.69, 9.17) is 28.8 Å². The molecule has 0 unspecified atom stereocenters. The first-order valence-corrected chi connectivity index (χ1v) is 17.1. The molecule has 0 atom stereocenters. The third-order valence-corrected chi connectivity index (χ3v) is 9.40. The largest absolute Gasteiger partial charge is 0.455 e. The van der Waals surface area contributed by atoms with Crippen LogP contribution in [-0.2, 0) is 0 Å². The molecule has 6 heteroatoms. The molecule has 0 amide bonds. The quantitative estimate of drug-likeness (QED) is 0.175. The Bertz CT molecular complexity index is 2880. The average Bonchev–Trinajstić information content (AvgIpc) is 3.83. The minimum Gasteiger partial charge on any atom is -0.455 e. The van der Waals surface area contributed by atoms with Gasteiger partial charge in [0.1, 0.15) is 16.7 Å². The first-order chi connectivity index (χ1) is 25.7. The summed E-state index contributed by atoms with van der Waals surface area (Å²) in [7, 11) is 0. The zero-order valence-electron chi connectivity index (χ0n) is 27.8. The Balaban J connectivity index is 1.07. The van der Waals surface area contributed by atoms with Gasteiger partial charge in [-0.15, -0.1) is 0 Å². The molecule has 0 saturated heterocycles. The lowest BCUT2D eigenvalue weighted by Gasteiger charge is -2.09. The maximum absolute atomic E-state index is 6.58. The van der Waals surface area contributed by atoms with Crippen molar-refractivity contribution in [2.75, 3.05) is 0 Å². The normalized spacial score (nSPS) is 11.5. The highest BCUT2D eigenvalue weighted by molar-refractivity contribution is 6.10. The number of aromatic nitrogens is 4. The van der Waals surface area contributed by atoms with Gasteiger partial charge >= 0.3 is 0 Å². The molecule has 6 nitrogen and oxygen atoms in total. The van der Waals surface area contributed by atoms with Crippen molar-refractivity contribution < 1.29 is 8.83 Å². The second-order valence-corrected chi connectivity index (χ2v) is 12.7. The number of fused-ring (bicyclic) bond motifs is 4. The summed E-state index contributed by atoms with van der Waals surface area (Å²) < 4.78 is 12.6. The van der Waals surface area contributed by atoms with Gasteiger partial charge in [0.25, 0.3) is 0 Å². The van der Waals surface area contributed by atoms with E-state index in [1.54, 1.807) is 0 Å². The molecule has 10 aromatic rings. The fraction of sp³-hybridized carbons (Fsp3) is 0. The van der Waals surface area contributed by atoms with Crippen LogP contribution in [-0.4, -0.2) is 19.9 Å². The lowest BCUT2D eigenvalue weighted by Crippen LogP contribution is -2.00. The van der Waals surface area contributed by atoms with E-state index in [2.05, 4.69) is 66.7 Å². The van der Waals surface area contributed by atoms with E-state index in [-0.39, 0.29) is 0 Å². The van der Waals surface area contributed by atoms with Crippen molar-refractivity contribution in [1.29, 1.82) is 0 Å². The van der Waals surface area contributed by atoms with Crippen LogP contribution in [0.1, 0.15) is 0 Å². The summed E-state index contributed by atoms with van der Waals surface area (Å²) in [5, 5.41) is 1.99. The van der Waals surface area contributed by atoms with E-state index in [9.17, 15) is 0 Å². The summed E-state index contributed by atoms with van der Waals surface area (Å²) in [5.74, 6) is 2.35. The van der Waals surface area contributed by atoms with Gasteiger partial charge in [-0.3, -0.25) is 0 Å². The molecule has 0 aliphatic heterocycles. The van der Waals surface area contributed by atoms with Crippen molar-refractivity contribution in [2.45, 2.75) is 0 Å². The Labute approximate surface area is 298 Å². The minimum atomic E-state index is 0.548. The first kappa shape index (κ1) is 29.7. The van der Waals surface area contributed by atoms with Crippen molar-refractivity contribution in [3.63, 3.8) is 0 Å². The molecule has 0 spiro atoms. The fourth-order valence-electron chi connectivity index (χ4n) is 6.75. The van der Waals surface area contributed by atoms with E-state index >= 15 is 0 Å². The standard InChI is InChI=1S/C46H28N4O2/c1-4-11-29(12-5-1)30-19-21-32(22-20-30)44-48-43(31-13-6-2-7-14-31)49-45(50-44)37-18-10-17-36-38-27-34(23-25-40(38)51-42(36)37)35-24-26-41-39(28-35)47-46(52-41)33-15-8-3-9-16-33/h1-28H. The number of furan rings is 1. The Morgan fingerprint density at radius 3 is 1.58 bits per heavy atom. The van der Waals surface area contributed by atoms with Gasteiger partial charge in [-0.25, -0.2) is 19.9 Å². The second-order valence-electron chi connectivity index (χ2n) is 12.7. The van der Waals surface area contributed by atoms with Crippen molar-refractivity contribution in [3.05, 3.63) is 170 Å². The van der Waals surface area contributed by atoms with Crippen LogP contribution >= 0.6 is 0 Å². The molecule has 10 rings (SSSR count). The van der Waals surface area contributed by atoms with Gasteiger partial charge in [0.15, 0.2) is 23.1 Å². The molecule has 0 aliphatic carbocycles.